The van der Waals surface area contributed by atoms with E-state index in [0.717, 1.165) is 19.2 Å². The minimum atomic E-state index is -4.54. The number of fused-ring (bicyclic) bond motifs is 1. The van der Waals surface area contributed by atoms with Crippen molar-refractivity contribution in [2.75, 3.05) is 44.7 Å². The Kier molecular flexibility index (Phi) is 8.33. The summed E-state index contributed by atoms with van der Waals surface area (Å²) < 4.78 is 41.5. The van der Waals surface area contributed by atoms with Crippen molar-refractivity contribution in [1.29, 1.82) is 0 Å². The van der Waals surface area contributed by atoms with Crippen molar-refractivity contribution < 1.29 is 22.8 Å². The molecule has 41 heavy (non-hydrogen) atoms. The molecule has 0 unspecified atom stereocenters. The highest BCUT2D eigenvalue weighted by atomic mass is 35.5. The average Bonchev–Trinajstić information content (AvgIpc) is 2.95. The third-order valence-corrected chi connectivity index (χ3v) is 8.06. The van der Waals surface area contributed by atoms with E-state index in [2.05, 4.69) is 15.1 Å². The van der Waals surface area contributed by atoms with Crippen LogP contribution in [0.2, 0.25) is 5.02 Å². The van der Waals surface area contributed by atoms with Gasteiger partial charge in [0.25, 0.3) is 5.91 Å². The van der Waals surface area contributed by atoms with Crippen LogP contribution in [0.5, 0.6) is 0 Å². The largest absolute Gasteiger partial charge is 0.416 e. The van der Waals surface area contributed by atoms with Gasteiger partial charge in [-0.05, 0) is 74.3 Å². The van der Waals surface area contributed by atoms with E-state index in [1.165, 1.54) is 12.1 Å². The molecule has 0 radical (unpaired) electrons. The van der Waals surface area contributed by atoms with E-state index in [1.807, 2.05) is 16.8 Å². The number of hydrogen-bond donors (Lipinski definition) is 0. The number of likely N-dealkylation sites (N-methyl/N-ethyl adjacent to an activating group) is 1. The molecule has 0 spiro atoms. The average molecular weight is 586 g/mol. The number of anilines is 1. The molecular formula is C30H31ClF3N5O2. The Morgan fingerprint density at radius 3 is 2.49 bits per heavy atom. The van der Waals surface area contributed by atoms with Gasteiger partial charge >= 0.3 is 6.18 Å². The molecule has 2 aromatic carbocycles. The van der Waals surface area contributed by atoms with Crippen LogP contribution >= 0.6 is 11.6 Å². The second kappa shape index (κ2) is 11.8. The highest BCUT2D eigenvalue weighted by molar-refractivity contribution is 6.30. The highest BCUT2D eigenvalue weighted by Crippen LogP contribution is 2.40. The monoisotopic (exact) mass is 585 g/mol. The predicted octanol–water partition coefficient (Wildman–Crippen LogP) is 5.48. The molecule has 2 aliphatic heterocycles. The molecule has 3 heterocycles. The number of carbonyl (C=O) groups is 2. The van der Waals surface area contributed by atoms with Crippen LogP contribution < -0.4 is 4.90 Å². The maximum atomic E-state index is 13.8. The summed E-state index contributed by atoms with van der Waals surface area (Å²) in [6, 6.07) is 11.6. The van der Waals surface area contributed by atoms with E-state index in [9.17, 15) is 22.8 Å². The number of nitrogens with zero attached hydrogens (tertiary/aromatic N) is 5. The number of amides is 1. The zero-order chi connectivity index (χ0) is 29.3. The molecule has 3 aromatic rings. The van der Waals surface area contributed by atoms with Crippen molar-refractivity contribution in [2.24, 2.45) is 0 Å². The Morgan fingerprint density at radius 1 is 1.00 bits per heavy atom. The summed E-state index contributed by atoms with van der Waals surface area (Å²) in [7, 11) is 2.02. The summed E-state index contributed by atoms with van der Waals surface area (Å²) in [5.74, 6) is -0.355. The number of aromatic nitrogens is 2. The molecule has 216 valence electrons. The standard InChI is InChI=1S/C30H31ClF3N5O2/c1-19(23-17-22(31)8-9-24(23)30(32,33)34)39-10-4-7-25-27(39)18-26(36-35-25)28(40)16-20-5-3-6-21(15-20)29(41)38-13-11-37(2)12-14-38/h3,5-6,8-9,15,17-19H,4,7,10-14,16H2,1-2H3/t19-/m1/s1. The van der Waals surface area contributed by atoms with Gasteiger partial charge in [0.1, 0.15) is 5.69 Å². The highest BCUT2D eigenvalue weighted by Gasteiger charge is 2.36. The lowest BCUT2D eigenvalue weighted by molar-refractivity contribution is -0.138. The number of hydrogen-bond acceptors (Lipinski definition) is 6. The van der Waals surface area contributed by atoms with Gasteiger partial charge in [0.05, 0.1) is 23.0 Å². The number of piperazine rings is 1. The second-order valence-corrected chi connectivity index (χ2v) is 11.1. The molecular weight excluding hydrogens is 555 g/mol. The Balaban J connectivity index is 1.37. The third-order valence-electron chi connectivity index (χ3n) is 7.82. The van der Waals surface area contributed by atoms with Gasteiger partial charge in [-0.1, -0.05) is 23.7 Å². The molecule has 0 aliphatic carbocycles. The molecule has 0 N–H and O–H groups in total. The van der Waals surface area contributed by atoms with Gasteiger partial charge in [0.2, 0.25) is 0 Å². The molecule has 0 bridgehead atoms. The second-order valence-electron chi connectivity index (χ2n) is 10.7. The number of ketones is 1. The van der Waals surface area contributed by atoms with E-state index in [4.69, 9.17) is 11.6 Å². The first-order chi connectivity index (χ1) is 19.5. The van der Waals surface area contributed by atoms with Crippen molar-refractivity contribution in [3.05, 3.63) is 87.2 Å². The molecule has 2 aliphatic rings. The lowest BCUT2D eigenvalue weighted by Crippen LogP contribution is -2.47. The van der Waals surface area contributed by atoms with Gasteiger partial charge in [-0.3, -0.25) is 9.59 Å². The molecule has 1 amide bonds. The number of rotatable bonds is 6. The van der Waals surface area contributed by atoms with Crippen molar-refractivity contribution in [3.8, 4) is 0 Å². The van der Waals surface area contributed by atoms with Crippen molar-refractivity contribution in [3.63, 3.8) is 0 Å². The summed E-state index contributed by atoms with van der Waals surface area (Å²) in [4.78, 5) is 32.1. The van der Waals surface area contributed by atoms with Crippen LogP contribution in [0.25, 0.3) is 0 Å². The zero-order valence-electron chi connectivity index (χ0n) is 22.9. The number of benzene rings is 2. The third kappa shape index (κ3) is 6.38. The van der Waals surface area contributed by atoms with Gasteiger partial charge in [0.15, 0.2) is 5.78 Å². The topological polar surface area (TPSA) is 69.6 Å². The molecule has 0 saturated carbocycles. The molecule has 5 rings (SSSR count). The van der Waals surface area contributed by atoms with Crippen LogP contribution in [0.3, 0.4) is 0 Å². The fourth-order valence-electron chi connectivity index (χ4n) is 5.50. The molecule has 1 saturated heterocycles. The SMILES string of the molecule is C[C@H](c1cc(Cl)ccc1C(F)(F)F)N1CCCc2nnc(C(=O)Cc3cccc(C(=O)N4CCN(C)CC4)c3)cc21. The van der Waals surface area contributed by atoms with Crippen LogP contribution in [0.4, 0.5) is 18.9 Å². The number of alkyl halides is 3. The van der Waals surface area contributed by atoms with E-state index >= 15 is 0 Å². The first-order valence-corrected chi connectivity index (χ1v) is 14.0. The lowest BCUT2D eigenvalue weighted by atomic mass is 9.96. The van der Waals surface area contributed by atoms with Gasteiger partial charge < -0.3 is 14.7 Å². The van der Waals surface area contributed by atoms with Crippen molar-refractivity contribution in [2.45, 2.75) is 38.4 Å². The predicted molar refractivity (Wildman–Crippen MR) is 150 cm³/mol. The summed E-state index contributed by atoms with van der Waals surface area (Å²) in [6.45, 7) is 5.11. The molecule has 1 fully saturated rings. The van der Waals surface area contributed by atoms with Crippen LogP contribution in [-0.2, 0) is 19.0 Å². The van der Waals surface area contributed by atoms with Crippen molar-refractivity contribution in [1.82, 2.24) is 20.0 Å². The van der Waals surface area contributed by atoms with Crippen molar-refractivity contribution >= 4 is 29.0 Å². The minimum Gasteiger partial charge on any atom is -0.363 e. The maximum absolute atomic E-state index is 13.8. The summed E-state index contributed by atoms with van der Waals surface area (Å²) >= 11 is 6.10. The normalized spacial score (nSPS) is 16.8. The zero-order valence-corrected chi connectivity index (χ0v) is 23.7. The van der Waals surface area contributed by atoms with Crippen LogP contribution in [0, 0.1) is 0 Å². The van der Waals surface area contributed by atoms with Crippen LogP contribution in [0.15, 0.2) is 48.5 Å². The fourth-order valence-corrected chi connectivity index (χ4v) is 5.68. The van der Waals surface area contributed by atoms with Crippen LogP contribution in [-0.4, -0.2) is 71.5 Å². The van der Waals surface area contributed by atoms with Gasteiger partial charge in [-0.15, -0.1) is 5.10 Å². The smallest absolute Gasteiger partial charge is 0.363 e. The van der Waals surface area contributed by atoms with Gasteiger partial charge in [0, 0.05) is 49.7 Å². The van der Waals surface area contributed by atoms with E-state index in [0.29, 0.717) is 55.0 Å². The lowest BCUT2D eigenvalue weighted by Gasteiger charge is -2.36. The Morgan fingerprint density at radius 2 is 1.76 bits per heavy atom. The van der Waals surface area contributed by atoms with E-state index in [1.54, 1.807) is 37.3 Å². The molecule has 11 heteroatoms. The molecule has 7 nitrogen and oxygen atoms in total. The van der Waals surface area contributed by atoms with Gasteiger partial charge in [-0.2, -0.15) is 18.3 Å². The maximum Gasteiger partial charge on any atom is 0.416 e. The number of aryl methyl sites for hydroxylation is 1. The number of Topliss-reactive ketones (excluding diaryl/α,β-unsaturated/α-hetero) is 1. The number of halogens is 4. The summed E-state index contributed by atoms with van der Waals surface area (Å²) in [5, 5.41) is 8.66. The first kappa shape index (κ1) is 29.0. The Hall–Kier alpha value is -3.50. The van der Waals surface area contributed by atoms with E-state index in [-0.39, 0.29) is 34.4 Å². The van der Waals surface area contributed by atoms with Crippen LogP contribution in [0.1, 0.15) is 62.6 Å². The molecule has 1 atom stereocenters. The Bertz CT molecular complexity index is 1460. The fraction of sp³-hybridized carbons (Fsp3) is 0.400. The minimum absolute atomic E-state index is 0.0133. The quantitative estimate of drug-likeness (QED) is 0.357. The molecule has 1 aromatic heterocycles. The van der Waals surface area contributed by atoms with E-state index < -0.39 is 17.8 Å². The first-order valence-electron chi connectivity index (χ1n) is 13.6. The summed E-state index contributed by atoms with van der Waals surface area (Å²) in [5.41, 5.74) is 1.87. The summed E-state index contributed by atoms with van der Waals surface area (Å²) in [6.07, 6.45) is -3.22. The number of carbonyl (C=O) groups excluding carboxylic acids is 2. The van der Waals surface area contributed by atoms with Gasteiger partial charge in [-0.25, -0.2) is 0 Å². The Labute approximate surface area is 241 Å².